The van der Waals surface area contributed by atoms with Gasteiger partial charge in [0.1, 0.15) is 11.6 Å². The minimum Gasteiger partial charge on any atom is -0.363 e. The van der Waals surface area contributed by atoms with E-state index in [9.17, 15) is 4.39 Å². The number of rotatable bonds is 3. The molecule has 0 aliphatic heterocycles. The largest absolute Gasteiger partial charge is 0.363 e. The van der Waals surface area contributed by atoms with Crippen LogP contribution in [0.1, 0.15) is 24.1 Å². The molecular formula is C14H15FN2. The van der Waals surface area contributed by atoms with Crippen molar-refractivity contribution in [1.29, 1.82) is 0 Å². The number of anilines is 1. The fourth-order valence-corrected chi connectivity index (χ4v) is 1.68. The normalized spacial score (nSPS) is 12.2. The average Bonchev–Trinajstić information content (AvgIpc) is 2.33. The van der Waals surface area contributed by atoms with E-state index >= 15 is 0 Å². The third-order valence-corrected chi connectivity index (χ3v) is 2.73. The molecule has 88 valence electrons. The summed E-state index contributed by atoms with van der Waals surface area (Å²) >= 11 is 0. The van der Waals surface area contributed by atoms with E-state index in [1.165, 1.54) is 12.1 Å². The van der Waals surface area contributed by atoms with Gasteiger partial charge in [-0.15, -0.1) is 0 Å². The zero-order chi connectivity index (χ0) is 12.3. The molecule has 1 aromatic heterocycles. The zero-order valence-corrected chi connectivity index (χ0v) is 9.94. The van der Waals surface area contributed by atoms with E-state index in [0.29, 0.717) is 0 Å². The van der Waals surface area contributed by atoms with Crippen molar-refractivity contribution in [2.24, 2.45) is 0 Å². The smallest absolute Gasteiger partial charge is 0.129 e. The van der Waals surface area contributed by atoms with Crippen LogP contribution in [0.2, 0.25) is 0 Å². The second kappa shape index (κ2) is 4.95. The SMILES string of the molecule is Cc1cccnc1NC(C)c1ccc(F)cc1. The van der Waals surface area contributed by atoms with Gasteiger partial charge in [-0.05, 0) is 43.2 Å². The summed E-state index contributed by atoms with van der Waals surface area (Å²) in [6.45, 7) is 4.04. The number of hydrogen-bond acceptors (Lipinski definition) is 2. The highest BCUT2D eigenvalue weighted by Crippen LogP contribution is 2.19. The second-order valence-electron chi connectivity index (χ2n) is 4.09. The van der Waals surface area contributed by atoms with Crippen LogP contribution in [-0.2, 0) is 0 Å². The maximum Gasteiger partial charge on any atom is 0.129 e. The van der Waals surface area contributed by atoms with E-state index < -0.39 is 0 Å². The number of benzene rings is 1. The lowest BCUT2D eigenvalue weighted by Crippen LogP contribution is -2.08. The van der Waals surface area contributed by atoms with Gasteiger partial charge in [0.25, 0.3) is 0 Å². The van der Waals surface area contributed by atoms with Crippen molar-refractivity contribution in [1.82, 2.24) is 4.98 Å². The molecule has 0 aliphatic carbocycles. The fourth-order valence-electron chi connectivity index (χ4n) is 1.68. The molecule has 1 heterocycles. The first-order chi connectivity index (χ1) is 8.16. The van der Waals surface area contributed by atoms with Gasteiger partial charge in [-0.2, -0.15) is 0 Å². The monoisotopic (exact) mass is 230 g/mol. The molecule has 0 saturated heterocycles. The van der Waals surface area contributed by atoms with E-state index in [1.54, 1.807) is 18.3 Å². The molecule has 0 saturated carbocycles. The topological polar surface area (TPSA) is 24.9 Å². The van der Waals surface area contributed by atoms with Crippen molar-refractivity contribution in [2.45, 2.75) is 19.9 Å². The van der Waals surface area contributed by atoms with Gasteiger partial charge < -0.3 is 5.32 Å². The van der Waals surface area contributed by atoms with Gasteiger partial charge in [-0.25, -0.2) is 9.37 Å². The van der Waals surface area contributed by atoms with Gasteiger partial charge in [-0.1, -0.05) is 18.2 Å². The number of pyridine rings is 1. The lowest BCUT2D eigenvalue weighted by Gasteiger charge is -2.16. The van der Waals surface area contributed by atoms with Gasteiger partial charge in [-0.3, -0.25) is 0 Å². The Morgan fingerprint density at radius 3 is 2.53 bits per heavy atom. The second-order valence-corrected chi connectivity index (χ2v) is 4.09. The standard InChI is InChI=1S/C14H15FN2/c1-10-4-3-9-16-14(10)17-11(2)12-5-7-13(15)8-6-12/h3-9,11H,1-2H3,(H,16,17). The summed E-state index contributed by atoms with van der Waals surface area (Å²) in [6, 6.07) is 10.5. The van der Waals surface area contributed by atoms with Crippen LogP contribution in [0.4, 0.5) is 10.2 Å². The molecule has 2 nitrogen and oxygen atoms in total. The number of aromatic nitrogens is 1. The Balaban J connectivity index is 2.14. The van der Waals surface area contributed by atoms with Crippen LogP contribution in [0.15, 0.2) is 42.6 Å². The number of aryl methyl sites for hydroxylation is 1. The minimum absolute atomic E-state index is 0.101. The summed E-state index contributed by atoms with van der Waals surface area (Å²) < 4.78 is 12.8. The molecule has 0 amide bonds. The Hall–Kier alpha value is -1.90. The van der Waals surface area contributed by atoms with Crippen LogP contribution < -0.4 is 5.32 Å². The maximum absolute atomic E-state index is 12.8. The highest BCUT2D eigenvalue weighted by atomic mass is 19.1. The molecule has 0 aliphatic rings. The summed E-state index contributed by atoms with van der Waals surface area (Å²) in [7, 11) is 0. The number of hydrogen-bond donors (Lipinski definition) is 1. The highest BCUT2D eigenvalue weighted by molar-refractivity contribution is 5.44. The third-order valence-electron chi connectivity index (χ3n) is 2.73. The van der Waals surface area contributed by atoms with Crippen molar-refractivity contribution >= 4 is 5.82 Å². The molecule has 2 rings (SSSR count). The molecule has 1 atom stereocenters. The summed E-state index contributed by atoms with van der Waals surface area (Å²) in [6.07, 6.45) is 1.76. The quantitative estimate of drug-likeness (QED) is 0.869. The Bertz CT molecular complexity index is 494. The van der Waals surface area contributed by atoms with Crippen molar-refractivity contribution in [3.63, 3.8) is 0 Å². The molecule has 17 heavy (non-hydrogen) atoms. The van der Waals surface area contributed by atoms with Crippen molar-refractivity contribution in [3.05, 3.63) is 59.5 Å². The molecule has 1 N–H and O–H groups in total. The Morgan fingerprint density at radius 1 is 1.18 bits per heavy atom. The van der Waals surface area contributed by atoms with Gasteiger partial charge >= 0.3 is 0 Å². The van der Waals surface area contributed by atoms with E-state index in [-0.39, 0.29) is 11.9 Å². The first-order valence-corrected chi connectivity index (χ1v) is 5.60. The lowest BCUT2D eigenvalue weighted by atomic mass is 10.1. The van der Waals surface area contributed by atoms with Crippen LogP contribution in [0, 0.1) is 12.7 Å². The summed E-state index contributed by atoms with van der Waals surface area (Å²) in [5.41, 5.74) is 2.14. The molecule has 1 unspecified atom stereocenters. The van der Waals surface area contributed by atoms with Gasteiger partial charge in [0, 0.05) is 12.2 Å². The van der Waals surface area contributed by atoms with E-state index in [2.05, 4.69) is 10.3 Å². The van der Waals surface area contributed by atoms with E-state index in [4.69, 9.17) is 0 Å². The minimum atomic E-state index is -0.213. The highest BCUT2D eigenvalue weighted by Gasteiger charge is 2.07. The number of nitrogens with zero attached hydrogens (tertiary/aromatic N) is 1. The van der Waals surface area contributed by atoms with Crippen molar-refractivity contribution < 1.29 is 4.39 Å². The molecule has 3 heteroatoms. The van der Waals surface area contributed by atoms with Crippen molar-refractivity contribution in [3.8, 4) is 0 Å². The van der Waals surface area contributed by atoms with Gasteiger partial charge in [0.2, 0.25) is 0 Å². The van der Waals surface area contributed by atoms with E-state index in [1.807, 2.05) is 26.0 Å². The Kier molecular flexibility index (Phi) is 3.38. The molecule has 0 spiro atoms. The third kappa shape index (κ3) is 2.81. The van der Waals surface area contributed by atoms with Crippen LogP contribution in [0.25, 0.3) is 0 Å². The first-order valence-electron chi connectivity index (χ1n) is 5.60. The Labute approximate surface area is 101 Å². The summed E-state index contributed by atoms with van der Waals surface area (Å²) in [5.74, 6) is 0.652. The number of nitrogens with one attached hydrogen (secondary N) is 1. The van der Waals surface area contributed by atoms with Gasteiger partial charge in [0.05, 0.1) is 0 Å². The molecular weight excluding hydrogens is 215 g/mol. The predicted octanol–water partition coefficient (Wildman–Crippen LogP) is 3.70. The molecule has 2 aromatic rings. The van der Waals surface area contributed by atoms with Crippen molar-refractivity contribution in [2.75, 3.05) is 5.32 Å². The van der Waals surface area contributed by atoms with Crippen LogP contribution in [-0.4, -0.2) is 4.98 Å². The number of halogens is 1. The van der Waals surface area contributed by atoms with Crippen LogP contribution in [0.5, 0.6) is 0 Å². The summed E-state index contributed by atoms with van der Waals surface area (Å²) in [5, 5.41) is 3.31. The molecule has 0 fully saturated rings. The predicted molar refractivity (Wildman–Crippen MR) is 67.4 cm³/mol. The Morgan fingerprint density at radius 2 is 1.88 bits per heavy atom. The first kappa shape index (κ1) is 11.6. The van der Waals surface area contributed by atoms with Crippen LogP contribution in [0.3, 0.4) is 0 Å². The summed E-state index contributed by atoms with van der Waals surface area (Å²) in [4.78, 5) is 4.28. The molecule has 1 aromatic carbocycles. The van der Waals surface area contributed by atoms with E-state index in [0.717, 1.165) is 16.9 Å². The zero-order valence-electron chi connectivity index (χ0n) is 9.94. The fraction of sp³-hybridized carbons (Fsp3) is 0.214. The van der Waals surface area contributed by atoms with Gasteiger partial charge in [0.15, 0.2) is 0 Å². The molecule has 0 bridgehead atoms. The maximum atomic E-state index is 12.8. The lowest BCUT2D eigenvalue weighted by molar-refractivity contribution is 0.626. The average molecular weight is 230 g/mol. The molecule has 0 radical (unpaired) electrons. The van der Waals surface area contributed by atoms with Crippen LogP contribution >= 0.6 is 0 Å².